The molecule has 1 fully saturated rings. The maximum absolute atomic E-state index is 13.3. The molecule has 1 heterocycles. The lowest BCUT2D eigenvalue weighted by molar-refractivity contribution is -0.128. The molecule has 3 rings (SSSR count). The number of aromatic nitrogens is 3. The second kappa shape index (κ2) is 8.91. The number of nitrogens with zero attached hydrogens (tertiary/aromatic N) is 3. The predicted molar refractivity (Wildman–Crippen MR) is 110 cm³/mol. The average molecular weight is 387 g/mol. The van der Waals surface area contributed by atoms with Crippen LogP contribution in [0.5, 0.6) is 0 Å². The Labute approximate surface area is 166 Å². The summed E-state index contributed by atoms with van der Waals surface area (Å²) in [5, 5.41) is 12.6. The van der Waals surface area contributed by atoms with Crippen LogP contribution in [-0.4, -0.2) is 26.4 Å². The second-order valence-electron chi connectivity index (χ2n) is 7.85. The molecular formula is C21H30N4OS. The fourth-order valence-electron chi connectivity index (χ4n) is 3.75. The number of hydrogen-bond acceptors (Lipinski definition) is 4. The van der Waals surface area contributed by atoms with Gasteiger partial charge in [-0.25, -0.2) is 0 Å². The number of nitrogens with one attached hydrogen (secondary N) is 1. The van der Waals surface area contributed by atoms with E-state index in [0.29, 0.717) is 12.5 Å². The maximum Gasteiger partial charge on any atom is 0.231 e. The number of thioether (sulfide) groups is 1. The molecule has 0 unspecified atom stereocenters. The maximum atomic E-state index is 13.3. The highest BCUT2D eigenvalue weighted by atomic mass is 32.2. The van der Waals surface area contributed by atoms with E-state index in [4.69, 9.17) is 0 Å². The van der Waals surface area contributed by atoms with E-state index in [9.17, 15) is 4.79 Å². The van der Waals surface area contributed by atoms with E-state index >= 15 is 0 Å². The number of amides is 1. The molecule has 1 saturated carbocycles. The molecule has 0 bridgehead atoms. The molecule has 0 spiro atoms. The Morgan fingerprint density at radius 3 is 2.56 bits per heavy atom. The summed E-state index contributed by atoms with van der Waals surface area (Å²) in [7, 11) is 1.97. The fourth-order valence-corrected chi connectivity index (χ4v) is 4.63. The monoisotopic (exact) mass is 386 g/mol. The molecule has 2 aromatic rings. The lowest BCUT2D eigenvalue weighted by Gasteiger charge is -2.36. The number of rotatable bonds is 7. The van der Waals surface area contributed by atoms with Crippen LogP contribution in [0.1, 0.15) is 57.3 Å². The van der Waals surface area contributed by atoms with Crippen LogP contribution in [0, 0.1) is 5.92 Å². The van der Waals surface area contributed by atoms with Crippen molar-refractivity contribution in [3.63, 3.8) is 0 Å². The SMILES string of the molecule is CC(C)CSc1nnc(CNC(=O)C2(c3ccccc3)CCCCC2)n1C. The fraction of sp³-hybridized carbons (Fsp3) is 0.571. The molecule has 0 atom stereocenters. The molecule has 27 heavy (non-hydrogen) atoms. The van der Waals surface area contributed by atoms with E-state index in [-0.39, 0.29) is 5.91 Å². The summed E-state index contributed by atoms with van der Waals surface area (Å²) in [6, 6.07) is 10.2. The van der Waals surface area contributed by atoms with Crippen molar-refractivity contribution in [3.05, 3.63) is 41.7 Å². The molecule has 1 aliphatic carbocycles. The van der Waals surface area contributed by atoms with Crippen LogP contribution in [0.2, 0.25) is 0 Å². The summed E-state index contributed by atoms with van der Waals surface area (Å²) in [6.07, 6.45) is 5.24. The van der Waals surface area contributed by atoms with Gasteiger partial charge in [-0.05, 0) is 24.3 Å². The highest BCUT2D eigenvalue weighted by Gasteiger charge is 2.40. The van der Waals surface area contributed by atoms with Gasteiger partial charge in [0.2, 0.25) is 5.91 Å². The Balaban J connectivity index is 1.70. The summed E-state index contributed by atoms with van der Waals surface area (Å²) < 4.78 is 1.99. The van der Waals surface area contributed by atoms with Gasteiger partial charge in [0.25, 0.3) is 0 Å². The lowest BCUT2D eigenvalue weighted by Crippen LogP contribution is -2.45. The third kappa shape index (κ3) is 4.54. The minimum absolute atomic E-state index is 0.118. The van der Waals surface area contributed by atoms with Gasteiger partial charge in [0, 0.05) is 12.8 Å². The zero-order valence-corrected chi connectivity index (χ0v) is 17.4. The molecule has 1 amide bonds. The Morgan fingerprint density at radius 1 is 1.19 bits per heavy atom. The zero-order valence-electron chi connectivity index (χ0n) is 16.6. The first kappa shape index (κ1) is 19.9. The van der Waals surface area contributed by atoms with Crippen LogP contribution in [0.15, 0.2) is 35.5 Å². The van der Waals surface area contributed by atoms with Crippen LogP contribution >= 0.6 is 11.8 Å². The molecule has 1 aliphatic rings. The number of carbonyl (C=O) groups is 1. The van der Waals surface area contributed by atoms with Crippen molar-refractivity contribution in [1.29, 1.82) is 0 Å². The summed E-state index contributed by atoms with van der Waals surface area (Å²) in [4.78, 5) is 13.3. The van der Waals surface area contributed by atoms with Gasteiger partial charge >= 0.3 is 0 Å². The normalized spacial score (nSPS) is 16.4. The molecular weight excluding hydrogens is 356 g/mol. The van der Waals surface area contributed by atoms with Crippen LogP contribution in [0.25, 0.3) is 0 Å². The quantitative estimate of drug-likeness (QED) is 0.729. The zero-order chi connectivity index (χ0) is 19.3. The Hall–Kier alpha value is -1.82. The highest BCUT2D eigenvalue weighted by Crippen LogP contribution is 2.39. The van der Waals surface area contributed by atoms with E-state index in [2.05, 4.69) is 41.5 Å². The Bertz CT molecular complexity index is 751. The van der Waals surface area contributed by atoms with Crippen LogP contribution in [0.4, 0.5) is 0 Å². The topological polar surface area (TPSA) is 59.8 Å². The van der Waals surface area contributed by atoms with E-state index in [0.717, 1.165) is 48.0 Å². The summed E-state index contributed by atoms with van der Waals surface area (Å²) in [6.45, 7) is 4.80. The van der Waals surface area contributed by atoms with Crippen LogP contribution in [-0.2, 0) is 23.8 Å². The van der Waals surface area contributed by atoms with Crippen LogP contribution < -0.4 is 5.32 Å². The third-order valence-electron chi connectivity index (χ3n) is 5.35. The van der Waals surface area contributed by atoms with Crippen molar-refractivity contribution in [2.75, 3.05) is 5.75 Å². The van der Waals surface area contributed by atoms with Gasteiger partial charge in [-0.2, -0.15) is 0 Å². The minimum Gasteiger partial charge on any atom is -0.348 e. The first-order valence-electron chi connectivity index (χ1n) is 9.88. The Morgan fingerprint density at radius 2 is 1.89 bits per heavy atom. The van der Waals surface area contributed by atoms with Gasteiger partial charge in [-0.3, -0.25) is 4.79 Å². The van der Waals surface area contributed by atoms with Crippen LogP contribution in [0.3, 0.4) is 0 Å². The predicted octanol–water partition coefficient (Wildman–Crippen LogP) is 4.08. The van der Waals surface area contributed by atoms with Gasteiger partial charge < -0.3 is 9.88 Å². The Kier molecular flexibility index (Phi) is 6.58. The third-order valence-corrected chi connectivity index (χ3v) is 6.79. The van der Waals surface area contributed by atoms with Crippen molar-refractivity contribution < 1.29 is 4.79 Å². The van der Waals surface area contributed by atoms with Crippen molar-refractivity contribution in [2.24, 2.45) is 13.0 Å². The van der Waals surface area contributed by atoms with E-state index in [1.807, 2.05) is 29.8 Å². The molecule has 5 nitrogen and oxygen atoms in total. The standard InChI is InChI=1S/C21H30N4OS/c1-16(2)15-27-20-24-23-18(25(20)3)14-22-19(26)21(12-8-5-9-13-21)17-10-6-4-7-11-17/h4,6-7,10-11,16H,5,8-9,12-15H2,1-3H3,(H,22,26). The molecule has 0 aliphatic heterocycles. The first-order valence-corrected chi connectivity index (χ1v) is 10.9. The molecule has 1 aromatic heterocycles. The molecule has 0 radical (unpaired) electrons. The smallest absolute Gasteiger partial charge is 0.231 e. The average Bonchev–Trinajstić information content (AvgIpc) is 3.05. The van der Waals surface area contributed by atoms with Gasteiger partial charge in [-0.1, -0.05) is 75.2 Å². The summed E-state index contributed by atoms with van der Waals surface area (Å²) in [5.74, 6) is 2.53. The molecule has 6 heteroatoms. The van der Waals surface area contributed by atoms with Crippen molar-refractivity contribution in [2.45, 2.75) is 63.1 Å². The van der Waals surface area contributed by atoms with Crippen molar-refractivity contribution in [1.82, 2.24) is 20.1 Å². The lowest BCUT2D eigenvalue weighted by atomic mass is 9.68. The summed E-state index contributed by atoms with van der Waals surface area (Å²) in [5.41, 5.74) is 0.723. The number of hydrogen-bond donors (Lipinski definition) is 1. The second-order valence-corrected chi connectivity index (χ2v) is 8.84. The molecule has 1 N–H and O–H groups in total. The number of carbonyl (C=O) groups excluding carboxylic acids is 1. The number of benzene rings is 1. The van der Waals surface area contributed by atoms with E-state index in [1.165, 1.54) is 6.42 Å². The molecule has 1 aromatic carbocycles. The van der Waals surface area contributed by atoms with Gasteiger partial charge in [-0.15, -0.1) is 10.2 Å². The van der Waals surface area contributed by atoms with Gasteiger partial charge in [0.15, 0.2) is 11.0 Å². The van der Waals surface area contributed by atoms with E-state index < -0.39 is 5.41 Å². The minimum atomic E-state index is -0.409. The van der Waals surface area contributed by atoms with Crippen molar-refractivity contribution >= 4 is 17.7 Å². The summed E-state index contributed by atoms with van der Waals surface area (Å²) >= 11 is 1.71. The molecule has 146 valence electrons. The first-order chi connectivity index (χ1) is 13.0. The van der Waals surface area contributed by atoms with Crippen molar-refractivity contribution in [3.8, 4) is 0 Å². The highest BCUT2D eigenvalue weighted by molar-refractivity contribution is 7.99. The molecule has 0 saturated heterocycles. The largest absolute Gasteiger partial charge is 0.348 e. The van der Waals surface area contributed by atoms with E-state index in [1.54, 1.807) is 11.8 Å². The van der Waals surface area contributed by atoms with Gasteiger partial charge in [0.1, 0.15) is 0 Å². The van der Waals surface area contributed by atoms with Gasteiger partial charge in [0.05, 0.1) is 12.0 Å².